The Hall–Kier alpha value is -0.580. The van der Waals surface area contributed by atoms with Crippen LogP contribution in [0.15, 0.2) is 12.1 Å². The fraction of sp³-hybridized carbons (Fsp3) is 0.615. The smallest absolute Gasteiger partial charge is 0.222 e. The number of thiophene rings is 1. The van der Waals surface area contributed by atoms with Crippen LogP contribution in [0.25, 0.3) is 0 Å². The van der Waals surface area contributed by atoms with Crippen LogP contribution in [0.3, 0.4) is 0 Å². The van der Waals surface area contributed by atoms with Crippen LogP contribution in [-0.2, 0) is 11.2 Å². The molecule has 0 saturated carbocycles. The van der Waals surface area contributed by atoms with Gasteiger partial charge in [0.05, 0.1) is 10.4 Å². The number of aryl methyl sites for hydroxylation is 1. The number of hydrogen-bond acceptors (Lipinski definition) is 3. The van der Waals surface area contributed by atoms with Gasteiger partial charge in [-0.05, 0) is 31.9 Å². The maximum Gasteiger partial charge on any atom is 0.222 e. The van der Waals surface area contributed by atoms with Crippen molar-refractivity contribution >= 4 is 28.8 Å². The van der Waals surface area contributed by atoms with E-state index in [1.807, 2.05) is 17.0 Å². The Balaban J connectivity index is 1.79. The van der Waals surface area contributed by atoms with Gasteiger partial charge >= 0.3 is 0 Å². The van der Waals surface area contributed by atoms with Gasteiger partial charge in [0.1, 0.15) is 0 Å². The third-order valence-electron chi connectivity index (χ3n) is 3.47. The zero-order chi connectivity index (χ0) is 13.1. The molecule has 0 radical (unpaired) electrons. The number of rotatable bonds is 4. The second-order valence-electron chi connectivity index (χ2n) is 4.83. The van der Waals surface area contributed by atoms with Crippen molar-refractivity contribution in [3.63, 3.8) is 0 Å². The van der Waals surface area contributed by atoms with E-state index in [1.165, 1.54) is 11.3 Å². The van der Waals surface area contributed by atoms with Crippen molar-refractivity contribution in [2.24, 2.45) is 5.92 Å². The zero-order valence-corrected chi connectivity index (χ0v) is 12.0. The first kappa shape index (κ1) is 13.8. The summed E-state index contributed by atoms with van der Waals surface area (Å²) in [6.45, 7) is 3.27. The van der Waals surface area contributed by atoms with Gasteiger partial charge in [0.2, 0.25) is 5.91 Å². The van der Waals surface area contributed by atoms with Gasteiger partial charge in [0.25, 0.3) is 0 Å². The zero-order valence-electron chi connectivity index (χ0n) is 10.4. The van der Waals surface area contributed by atoms with Gasteiger partial charge in [-0.15, -0.1) is 11.3 Å². The maximum atomic E-state index is 12.0. The van der Waals surface area contributed by atoms with E-state index in [0.717, 1.165) is 28.6 Å². The Morgan fingerprint density at radius 3 is 3.00 bits per heavy atom. The topological polar surface area (TPSA) is 40.5 Å². The average Bonchev–Trinajstić information content (AvgIpc) is 2.94. The lowest BCUT2D eigenvalue weighted by atomic mass is 10.0. The lowest BCUT2D eigenvalue weighted by Crippen LogP contribution is -2.30. The third kappa shape index (κ3) is 3.46. The molecule has 2 atom stereocenters. The second-order valence-corrected chi connectivity index (χ2v) is 6.63. The molecule has 1 aromatic rings. The highest BCUT2D eigenvalue weighted by Crippen LogP contribution is 2.24. The fourth-order valence-corrected chi connectivity index (χ4v) is 3.37. The monoisotopic (exact) mass is 287 g/mol. The first-order valence-electron chi connectivity index (χ1n) is 6.26. The van der Waals surface area contributed by atoms with E-state index in [9.17, 15) is 9.90 Å². The molecular weight excluding hydrogens is 270 g/mol. The van der Waals surface area contributed by atoms with E-state index in [2.05, 4.69) is 0 Å². The molecule has 18 heavy (non-hydrogen) atoms. The molecule has 1 aliphatic heterocycles. The average molecular weight is 288 g/mol. The summed E-state index contributed by atoms with van der Waals surface area (Å²) in [5.74, 6) is 0.424. The summed E-state index contributed by atoms with van der Waals surface area (Å²) in [5, 5.41) is 9.51. The van der Waals surface area contributed by atoms with Gasteiger partial charge in [-0.1, -0.05) is 11.6 Å². The number of hydrogen-bond donors (Lipinski definition) is 1. The number of likely N-dealkylation sites (tertiary alicyclic amines) is 1. The SMILES string of the molecule is CC(O)C1CCN(C(=O)CCc2ccc(Cl)s2)C1. The number of amides is 1. The third-order valence-corrected chi connectivity index (χ3v) is 4.76. The van der Waals surface area contributed by atoms with Crippen LogP contribution in [0, 0.1) is 5.92 Å². The van der Waals surface area contributed by atoms with Gasteiger partial charge in [0.15, 0.2) is 0 Å². The van der Waals surface area contributed by atoms with Crippen molar-refractivity contribution in [1.29, 1.82) is 0 Å². The predicted octanol–water partition coefficient (Wildman–Crippen LogP) is 2.56. The molecule has 5 heteroatoms. The van der Waals surface area contributed by atoms with E-state index in [4.69, 9.17) is 11.6 Å². The van der Waals surface area contributed by atoms with Crippen molar-refractivity contribution in [3.8, 4) is 0 Å². The molecule has 0 aromatic carbocycles. The van der Waals surface area contributed by atoms with Gasteiger partial charge in [-0.2, -0.15) is 0 Å². The first-order valence-corrected chi connectivity index (χ1v) is 7.46. The molecule has 2 unspecified atom stereocenters. The van der Waals surface area contributed by atoms with Gasteiger partial charge in [0, 0.05) is 30.3 Å². The minimum atomic E-state index is -0.320. The van der Waals surface area contributed by atoms with Gasteiger partial charge < -0.3 is 10.0 Å². The van der Waals surface area contributed by atoms with E-state index in [1.54, 1.807) is 6.92 Å². The molecule has 1 amide bonds. The molecule has 100 valence electrons. The van der Waals surface area contributed by atoms with Crippen LogP contribution in [0.5, 0.6) is 0 Å². The van der Waals surface area contributed by atoms with Crippen LogP contribution in [-0.4, -0.2) is 35.1 Å². The highest BCUT2D eigenvalue weighted by Gasteiger charge is 2.28. The lowest BCUT2D eigenvalue weighted by molar-refractivity contribution is -0.130. The van der Waals surface area contributed by atoms with E-state index in [-0.39, 0.29) is 17.9 Å². The normalized spacial score (nSPS) is 21.3. The molecule has 0 bridgehead atoms. The number of aliphatic hydroxyl groups excluding tert-OH is 1. The summed E-state index contributed by atoms with van der Waals surface area (Å²) in [6.07, 6.45) is 1.88. The van der Waals surface area contributed by atoms with Crippen LogP contribution < -0.4 is 0 Å². The number of carbonyl (C=O) groups excluding carboxylic acids is 1. The van der Waals surface area contributed by atoms with Gasteiger partial charge in [-0.3, -0.25) is 4.79 Å². The summed E-state index contributed by atoms with van der Waals surface area (Å²) in [6, 6.07) is 3.84. The number of carbonyl (C=O) groups is 1. The Labute approximate surface area is 116 Å². The van der Waals surface area contributed by atoms with Crippen molar-refractivity contribution in [2.75, 3.05) is 13.1 Å². The number of aliphatic hydroxyl groups is 1. The second kappa shape index (κ2) is 6.04. The van der Waals surface area contributed by atoms with Crippen molar-refractivity contribution < 1.29 is 9.90 Å². The molecule has 2 heterocycles. The molecule has 1 aliphatic rings. The number of halogens is 1. The first-order chi connectivity index (χ1) is 8.56. The quantitative estimate of drug-likeness (QED) is 0.925. The van der Waals surface area contributed by atoms with Crippen molar-refractivity contribution in [3.05, 3.63) is 21.3 Å². The fourth-order valence-electron chi connectivity index (χ4n) is 2.28. The largest absolute Gasteiger partial charge is 0.393 e. The summed E-state index contributed by atoms with van der Waals surface area (Å²) in [5.41, 5.74) is 0. The Morgan fingerprint density at radius 2 is 2.44 bits per heavy atom. The Morgan fingerprint density at radius 1 is 1.67 bits per heavy atom. The Kier molecular flexibility index (Phi) is 4.65. The van der Waals surface area contributed by atoms with Crippen LogP contribution in [0.4, 0.5) is 0 Å². The molecule has 0 aliphatic carbocycles. The summed E-state index contributed by atoms with van der Waals surface area (Å²) in [4.78, 5) is 15.0. The van der Waals surface area contributed by atoms with Crippen LogP contribution >= 0.6 is 22.9 Å². The minimum absolute atomic E-state index is 0.183. The summed E-state index contributed by atoms with van der Waals surface area (Å²) in [7, 11) is 0. The van der Waals surface area contributed by atoms with E-state index in [0.29, 0.717) is 13.0 Å². The van der Waals surface area contributed by atoms with E-state index < -0.39 is 0 Å². The standard InChI is InChI=1S/C13H18ClNO2S/c1-9(16)10-6-7-15(8-10)13(17)5-3-11-2-4-12(14)18-11/h2,4,9-10,16H,3,5-8H2,1H3. The van der Waals surface area contributed by atoms with E-state index >= 15 is 0 Å². The molecular formula is C13H18ClNO2S. The minimum Gasteiger partial charge on any atom is -0.393 e. The lowest BCUT2D eigenvalue weighted by Gasteiger charge is -2.17. The molecule has 0 spiro atoms. The highest BCUT2D eigenvalue weighted by atomic mass is 35.5. The molecule has 1 fully saturated rings. The number of nitrogens with zero attached hydrogens (tertiary/aromatic N) is 1. The Bertz CT molecular complexity index is 419. The van der Waals surface area contributed by atoms with Crippen molar-refractivity contribution in [2.45, 2.75) is 32.3 Å². The highest BCUT2D eigenvalue weighted by molar-refractivity contribution is 7.16. The molecule has 1 N–H and O–H groups in total. The summed E-state index contributed by atoms with van der Waals surface area (Å²) < 4.78 is 0.771. The van der Waals surface area contributed by atoms with Gasteiger partial charge in [-0.25, -0.2) is 0 Å². The van der Waals surface area contributed by atoms with Crippen molar-refractivity contribution in [1.82, 2.24) is 4.90 Å². The van der Waals surface area contributed by atoms with Crippen LogP contribution in [0.1, 0.15) is 24.6 Å². The molecule has 2 rings (SSSR count). The maximum absolute atomic E-state index is 12.0. The molecule has 3 nitrogen and oxygen atoms in total. The summed E-state index contributed by atoms with van der Waals surface area (Å²) >= 11 is 7.38. The predicted molar refractivity (Wildman–Crippen MR) is 74.0 cm³/mol. The van der Waals surface area contributed by atoms with Crippen LogP contribution in [0.2, 0.25) is 4.34 Å². The molecule has 1 saturated heterocycles. The molecule has 1 aromatic heterocycles.